The number of benzene rings is 1. The zero-order chi connectivity index (χ0) is 11.5. The highest BCUT2D eigenvalue weighted by Gasteiger charge is 2.31. The molecule has 4 N–H and O–H groups in total. The molecule has 8 heteroatoms. The number of hydrogen-bond donors (Lipinski definition) is 2. The van der Waals surface area contributed by atoms with Gasteiger partial charge in [-0.2, -0.15) is 0 Å². The van der Waals surface area contributed by atoms with Crippen molar-refractivity contribution in [1.82, 2.24) is 0 Å². The van der Waals surface area contributed by atoms with E-state index in [0.29, 0.717) is 5.56 Å². The first-order valence-corrected chi connectivity index (χ1v) is 4.24. The smallest absolute Gasteiger partial charge is 0.406 e. The summed E-state index contributed by atoms with van der Waals surface area (Å²) in [5.74, 6) is -0.288. The molecule has 0 aliphatic rings. The molecule has 0 radical (unpaired) electrons. The van der Waals surface area contributed by atoms with E-state index in [1.807, 2.05) is 0 Å². The monoisotopic (exact) mass is 292 g/mol. The molecule has 0 spiro atoms. The normalized spacial score (nSPS) is 12.1. The summed E-state index contributed by atoms with van der Waals surface area (Å²) in [6.07, 6.45) is -4.69. The molecule has 0 aliphatic carbocycles. The van der Waals surface area contributed by atoms with Gasteiger partial charge in [-0.15, -0.1) is 38.0 Å². The molecule has 0 amide bonds. The number of hydrogen-bond acceptors (Lipinski definition) is 3. The molecule has 1 aromatic carbocycles. The predicted octanol–water partition coefficient (Wildman–Crippen LogP) is 2.39. The highest BCUT2D eigenvalue weighted by Crippen LogP contribution is 2.24. The lowest BCUT2D eigenvalue weighted by Crippen LogP contribution is -2.21. The average molecular weight is 293 g/mol. The standard InChI is InChI=1S/C9H11F3N2O.2ClH/c10-9(11,12)15-7-3-1-2-6(4-7)8(14)5-13;;/h1-4,8H,5,13-14H2;2*1H. The quantitative estimate of drug-likeness (QED) is 0.899. The molecule has 0 saturated carbocycles. The molecule has 0 saturated heterocycles. The Hall–Kier alpha value is -0.690. The van der Waals surface area contributed by atoms with Crippen LogP contribution in [-0.2, 0) is 0 Å². The van der Waals surface area contributed by atoms with Crippen LogP contribution in [0, 0.1) is 0 Å². The van der Waals surface area contributed by atoms with E-state index in [2.05, 4.69) is 4.74 Å². The first-order valence-electron chi connectivity index (χ1n) is 4.24. The van der Waals surface area contributed by atoms with Crippen molar-refractivity contribution in [3.8, 4) is 5.75 Å². The molecular formula is C9H13Cl2F3N2O. The van der Waals surface area contributed by atoms with Gasteiger partial charge in [-0.3, -0.25) is 0 Å². The van der Waals surface area contributed by atoms with Crippen molar-refractivity contribution >= 4 is 24.8 Å². The van der Waals surface area contributed by atoms with Gasteiger partial charge < -0.3 is 16.2 Å². The van der Waals surface area contributed by atoms with E-state index in [-0.39, 0.29) is 37.1 Å². The molecule has 1 rings (SSSR count). The van der Waals surface area contributed by atoms with Gasteiger partial charge in [0.2, 0.25) is 0 Å². The molecule has 3 nitrogen and oxygen atoms in total. The maximum Gasteiger partial charge on any atom is 0.573 e. The van der Waals surface area contributed by atoms with E-state index in [0.717, 1.165) is 0 Å². The number of nitrogens with two attached hydrogens (primary N) is 2. The number of ether oxygens (including phenoxy) is 1. The number of rotatable bonds is 3. The summed E-state index contributed by atoms with van der Waals surface area (Å²) < 4.78 is 39.4. The molecule has 0 aliphatic heterocycles. The molecule has 1 unspecified atom stereocenters. The third-order valence-electron chi connectivity index (χ3n) is 1.77. The van der Waals surface area contributed by atoms with Gasteiger partial charge in [-0.1, -0.05) is 12.1 Å². The topological polar surface area (TPSA) is 61.3 Å². The Kier molecular flexibility index (Phi) is 8.35. The lowest BCUT2D eigenvalue weighted by atomic mass is 10.1. The van der Waals surface area contributed by atoms with Crippen molar-refractivity contribution in [2.45, 2.75) is 12.4 Å². The van der Waals surface area contributed by atoms with Crippen LogP contribution in [0.15, 0.2) is 24.3 Å². The van der Waals surface area contributed by atoms with Gasteiger partial charge in [0, 0.05) is 12.6 Å². The van der Waals surface area contributed by atoms with Crippen molar-refractivity contribution in [3.63, 3.8) is 0 Å². The van der Waals surface area contributed by atoms with E-state index < -0.39 is 12.4 Å². The van der Waals surface area contributed by atoms with Crippen LogP contribution in [-0.4, -0.2) is 12.9 Å². The molecule has 0 aromatic heterocycles. The van der Waals surface area contributed by atoms with Crippen LogP contribution in [0.4, 0.5) is 13.2 Å². The van der Waals surface area contributed by atoms with Gasteiger partial charge >= 0.3 is 6.36 Å². The van der Waals surface area contributed by atoms with Crippen LogP contribution in [0.25, 0.3) is 0 Å². The second-order valence-corrected chi connectivity index (χ2v) is 2.96. The third kappa shape index (κ3) is 6.58. The minimum absolute atomic E-state index is 0. The number of halogens is 5. The molecule has 1 atom stereocenters. The largest absolute Gasteiger partial charge is 0.573 e. The average Bonchev–Trinajstić information content (AvgIpc) is 2.14. The maximum absolute atomic E-state index is 11.9. The summed E-state index contributed by atoms with van der Waals surface area (Å²) in [5.41, 5.74) is 11.4. The Balaban J connectivity index is 0. The fourth-order valence-corrected chi connectivity index (χ4v) is 1.08. The summed E-state index contributed by atoms with van der Waals surface area (Å²) in [6, 6.07) is 4.99. The van der Waals surface area contributed by atoms with Gasteiger partial charge in [0.15, 0.2) is 0 Å². The summed E-state index contributed by atoms with van der Waals surface area (Å²) in [5, 5.41) is 0. The zero-order valence-corrected chi connectivity index (χ0v) is 10.2. The minimum atomic E-state index is -4.69. The second-order valence-electron chi connectivity index (χ2n) is 2.96. The molecule has 0 bridgehead atoms. The van der Waals surface area contributed by atoms with Crippen LogP contribution in [0.3, 0.4) is 0 Å². The Morgan fingerprint density at radius 2 is 1.82 bits per heavy atom. The number of alkyl halides is 3. The lowest BCUT2D eigenvalue weighted by Gasteiger charge is -2.12. The summed E-state index contributed by atoms with van der Waals surface area (Å²) >= 11 is 0. The maximum atomic E-state index is 11.9. The van der Waals surface area contributed by atoms with Crippen molar-refractivity contribution in [2.75, 3.05) is 6.54 Å². The van der Waals surface area contributed by atoms with Gasteiger partial charge in [0.05, 0.1) is 0 Å². The Morgan fingerprint density at radius 3 is 2.29 bits per heavy atom. The fraction of sp³-hybridized carbons (Fsp3) is 0.333. The van der Waals surface area contributed by atoms with Gasteiger partial charge in [0.1, 0.15) is 5.75 Å². The predicted molar refractivity (Wildman–Crippen MR) is 63.6 cm³/mol. The van der Waals surface area contributed by atoms with Crippen molar-refractivity contribution in [2.24, 2.45) is 11.5 Å². The Bertz CT molecular complexity index is 336. The van der Waals surface area contributed by atoms with Gasteiger partial charge in [0.25, 0.3) is 0 Å². The highest BCUT2D eigenvalue weighted by atomic mass is 35.5. The van der Waals surface area contributed by atoms with Crippen molar-refractivity contribution in [3.05, 3.63) is 29.8 Å². The molecule has 1 aromatic rings. The van der Waals surface area contributed by atoms with E-state index in [1.165, 1.54) is 18.2 Å². The second kappa shape index (κ2) is 7.60. The van der Waals surface area contributed by atoms with Crippen LogP contribution in [0.5, 0.6) is 5.75 Å². The van der Waals surface area contributed by atoms with Gasteiger partial charge in [-0.05, 0) is 17.7 Å². The molecule has 100 valence electrons. The van der Waals surface area contributed by atoms with Gasteiger partial charge in [-0.25, -0.2) is 0 Å². The van der Waals surface area contributed by atoms with Crippen LogP contribution in [0.2, 0.25) is 0 Å². The Labute approximate surface area is 109 Å². The van der Waals surface area contributed by atoms with Crippen LogP contribution < -0.4 is 16.2 Å². The molecule has 0 fully saturated rings. The lowest BCUT2D eigenvalue weighted by molar-refractivity contribution is -0.274. The van der Waals surface area contributed by atoms with Crippen LogP contribution >= 0.6 is 24.8 Å². The van der Waals surface area contributed by atoms with E-state index in [1.54, 1.807) is 6.07 Å². The van der Waals surface area contributed by atoms with E-state index in [4.69, 9.17) is 11.5 Å². The van der Waals surface area contributed by atoms with Crippen molar-refractivity contribution in [1.29, 1.82) is 0 Å². The first kappa shape index (κ1) is 18.7. The minimum Gasteiger partial charge on any atom is -0.406 e. The molecule has 17 heavy (non-hydrogen) atoms. The van der Waals surface area contributed by atoms with E-state index >= 15 is 0 Å². The zero-order valence-electron chi connectivity index (χ0n) is 8.61. The molecule has 0 heterocycles. The summed E-state index contributed by atoms with van der Waals surface area (Å²) in [6.45, 7) is 0.162. The van der Waals surface area contributed by atoms with E-state index in [9.17, 15) is 13.2 Å². The summed E-state index contributed by atoms with van der Waals surface area (Å²) in [7, 11) is 0. The SMILES string of the molecule is Cl.Cl.NCC(N)c1cccc(OC(F)(F)F)c1. The highest BCUT2D eigenvalue weighted by molar-refractivity contribution is 5.85. The van der Waals surface area contributed by atoms with Crippen LogP contribution in [0.1, 0.15) is 11.6 Å². The summed E-state index contributed by atoms with van der Waals surface area (Å²) in [4.78, 5) is 0. The first-order chi connectivity index (χ1) is 6.92. The fourth-order valence-electron chi connectivity index (χ4n) is 1.08. The Morgan fingerprint density at radius 1 is 1.24 bits per heavy atom. The van der Waals surface area contributed by atoms with Crippen molar-refractivity contribution < 1.29 is 17.9 Å². The third-order valence-corrected chi connectivity index (χ3v) is 1.77. The molecular weight excluding hydrogens is 280 g/mol.